The van der Waals surface area contributed by atoms with E-state index >= 15 is 0 Å². The lowest BCUT2D eigenvalue weighted by atomic mass is 10.3. The Morgan fingerprint density at radius 3 is 2.56 bits per heavy atom. The topological polar surface area (TPSA) is 165 Å². The van der Waals surface area contributed by atoms with Crippen molar-refractivity contribution in [3.05, 3.63) is 46.9 Å². The fourth-order valence-corrected chi connectivity index (χ4v) is 2.88. The maximum absolute atomic E-state index is 12.2. The highest BCUT2D eigenvalue weighted by atomic mass is 16.6. The van der Waals surface area contributed by atoms with Crippen molar-refractivity contribution < 1.29 is 33.3 Å². The molecule has 39 heavy (non-hydrogen) atoms. The van der Waals surface area contributed by atoms with Crippen LogP contribution in [0.2, 0.25) is 0 Å². The van der Waals surface area contributed by atoms with Gasteiger partial charge in [0.05, 0.1) is 46.1 Å². The number of carbonyl (C=O) groups excluding carboxylic acids is 2. The summed E-state index contributed by atoms with van der Waals surface area (Å²) < 4.78 is 27.3. The van der Waals surface area contributed by atoms with Crippen LogP contribution < -0.4 is 20.7 Å². The highest BCUT2D eigenvalue weighted by molar-refractivity contribution is 5.90. The smallest absolute Gasteiger partial charge is 0.246 e. The number of benzene rings is 1. The predicted molar refractivity (Wildman–Crippen MR) is 147 cm³/mol. The lowest BCUT2D eigenvalue weighted by Crippen LogP contribution is -2.28. The molecular formula is C26H42N6O7. The van der Waals surface area contributed by atoms with Crippen LogP contribution in [0.3, 0.4) is 0 Å². The molecule has 0 bridgehead atoms. The van der Waals surface area contributed by atoms with Gasteiger partial charge in [0.1, 0.15) is 19.0 Å². The largest absolute Gasteiger partial charge is 0.491 e. The van der Waals surface area contributed by atoms with E-state index in [4.69, 9.17) is 29.2 Å². The van der Waals surface area contributed by atoms with Gasteiger partial charge in [-0.2, -0.15) is 0 Å². The minimum absolute atomic E-state index is 0.0469. The van der Waals surface area contributed by atoms with E-state index in [1.165, 1.54) is 0 Å². The van der Waals surface area contributed by atoms with Gasteiger partial charge in [0, 0.05) is 35.8 Å². The summed E-state index contributed by atoms with van der Waals surface area (Å²) in [4.78, 5) is 26.5. The molecule has 2 amide bonds. The molecule has 1 aromatic rings. The van der Waals surface area contributed by atoms with Crippen LogP contribution in [0.4, 0.5) is 5.69 Å². The van der Waals surface area contributed by atoms with Crippen LogP contribution in [0.15, 0.2) is 41.5 Å². The van der Waals surface area contributed by atoms with Crippen molar-refractivity contribution >= 4 is 17.5 Å². The first kappa shape index (κ1) is 33.8. The third-order valence-corrected chi connectivity index (χ3v) is 4.76. The van der Waals surface area contributed by atoms with Crippen LogP contribution in [-0.2, 0) is 28.5 Å². The zero-order chi connectivity index (χ0) is 28.6. The second kappa shape index (κ2) is 22.8. The number of nitrogens with one attached hydrogen (secondary N) is 3. The molecule has 0 fully saturated rings. The summed E-state index contributed by atoms with van der Waals surface area (Å²) in [6.07, 6.45) is 2.96. The number of nitrogens with zero attached hydrogens (tertiary/aromatic N) is 3. The van der Waals surface area contributed by atoms with Crippen LogP contribution in [0.5, 0.6) is 5.75 Å². The molecule has 1 unspecified atom stereocenters. The van der Waals surface area contributed by atoms with Gasteiger partial charge in [-0.05, 0) is 24.6 Å². The predicted octanol–water partition coefficient (Wildman–Crippen LogP) is 2.79. The molecule has 13 nitrogen and oxygen atoms in total. The van der Waals surface area contributed by atoms with E-state index in [-0.39, 0.29) is 51.3 Å². The Morgan fingerprint density at radius 1 is 1.05 bits per heavy atom. The van der Waals surface area contributed by atoms with Gasteiger partial charge in [-0.3, -0.25) is 9.59 Å². The molecule has 13 heteroatoms. The lowest BCUT2D eigenvalue weighted by molar-refractivity contribution is -0.126. The summed E-state index contributed by atoms with van der Waals surface area (Å²) in [7, 11) is 0. The fraction of sp³-hybridized carbons (Fsp3) is 0.615. The van der Waals surface area contributed by atoms with Gasteiger partial charge in [0.2, 0.25) is 11.8 Å². The molecule has 218 valence electrons. The zero-order valence-electron chi connectivity index (χ0n) is 23.1. The lowest BCUT2D eigenvalue weighted by Gasteiger charge is -2.15. The minimum atomic E-state index is -0.895. The SMILES string of the molecule is C/C=C/CNC(=O)COCCOC(COc1cccc(NC(=O)CCOCCOCCNC(C)C)c1)N=[N+]=[N-]. The highest BCUT2D eigenvalue weighted by Gasteiger charge is 2.10. The van der Waals surface area contributed by atoms with E-state index in [9.17, 15) is 9.59 Å². The van der Waals surface area contributed by atoms with Crippen LogP contribution in [0.1, 0.15) is 27.2 Å². The number of hydrogen-bond donors (Lipinski definition) is 3. The van der Waals surface area contributed by atoms with Gasteiger partial charge < -0.3 is 39.6 Å². The van der Waals surface area contributed by atoms with Gasteiger partial charge >= 0.3 is 0 Å². The normalized spacial score (nSPS) is 11.8. The third kappa shape index (κ3) is 19.5. The molecule has 1 rings (SSSR count). The first-order chi connectivity index (χ1) is 18.9. The van der Waals surface area contributed by atoms with Gasteiger partial charge in [-0.15, -0.1) is 0 Å². The molecule has 0 radical (unpaired) electrons. The number of ether oxygens (including phenoxy) is 5. The number of rotatable bonds is 23. The van der Waals surface area contributed by atoms with Crippen LogP contribution >= 0.6 is 0 Å². The summed E-state index contributed by atoms with van der Waals surface area (Å²) in [6, 6.07) is 7.25. The van der Waals surface area contributed by atoms with Crippen molar-refractivity contribution in [2.45, 2.75) is 39.5 Å². The average molecular weight is 551 g/mol. The van der Waals surface area contributed by atoms with Crippen molar-refractivity contribution in [1.82, 2.24) is 10.6 Å². The molecule has 0 saturated heterocycles. The number of hydrogen-bond acceptors (Lipinski definition) is 9. The number of azide groups is 1. The summed E-state index contributed by atoms with van der Waals surface area (Å²) in [5.41, 5.74) is 9.35. The molecule has 3 N–H and O–H groups in total. The number of anilines is 1. The van der Waals surface area contributed by atoms with Crippen molar-refractivity contribution in [2.24, 2.45) is 5.11 Å². The van der Waals surface area contributed by atoms with E-state index in [0.29, 0.717) is 43.8 Å². The molecule has 0 spiro atoms. The molecule has 0 aliphatic carbocycles. The molecular weight excluding hydrogens is 508 g/mol. The second-order valence-corrected chi connectivity index (χ2v) is 8.43. The quantitative estimate of drug-likeness (QED) is 0.0615. The van der Waals surface area contributed by atoms with Crippen LogP contribution in [0.25, 0.3) is 10.4 Å². The Morgan fingerprint density at radius 2 is 1.82 bits per heavy atom. The molecule has 1 atom stereocenters. The fourth-order valence-electron chi connectivity index (χ4n) is 2.88. The molecule has 1 aromatic carbocycles. The first-order valence-electron chi connectivity index (χ1n) is 13.0. The maximum atomic E-state index is 12.2. The number of allylic oxidation sites excluding steroid dienone is 1. The molecule has 0 heterocycles. The Labute approximate surface area is 230 Å². The summed E-state index contributed by atoms with van der Waals surface area (Å²) in [5, 5.41) is 12.3. The van der Waals surface area contributed by atoms with Crippen LogP contribution in [0, 0.1) is 0 Å². The molecule has 0 aromatic heterocycles. The second-order valence-electron chi connectivity index (χ2n) is 8.43. The van der Waals surface area contributed by atoms with E-state index in [1.807, 2.05) is 19.1 Å². The molecule has 0 aliphatic rings. The number of carbonyl (C=O) groups is 2. The Balaban J connectivity index is 2.26. The van der Waals surface area contributed by atoms with Crippen molar-refractivity contribution in [1.29, 1.82) is 0 Å². The van der Waals surface area contributed by atoms with E-state index in [0.717, 1.165) is 6.54 Å². The average Bonchev–Trinajstić information content (AvgIpc) is 2.90. The first-order valence-corrected chi connectivity index (χ1v) is 13.0. The van der Waals surface area contributed by atoms with Gasteiger partial charge in [0.25, 0.3) is 0 Å². The standard InChI is InChI=1S/C26H42N6O7/c1-4-5-10-29-25(34)19-37-16-17-38-26(31-32-27)20-39-23-8-6-7-22(18-23)30-24(33)9-12-35-14-15-36-13-11-28-21(2)3/h4-8,18,21,26,28H,9-17,19-20H2,1-3H3,(H,29,34)(H,30,33)/b5-4+. The Bertz CT molecular complexity index is 893. The Hall–Kier alpha value is -3.19. The minimum Gasteiger partial charge on any atom is -0.491 e. The van der Waals surface area contributed by atoms with Gasteiger partial charge in [-0.1, -0.05) is 37.2 Å². The van der Waals surface area contributed by atoms with E-state index < -0.39 is 6.23 Å². The van der Waals surface area contributed by atoms with Crippen molar-refractivity contribution in [3.8, 4) is 5.75 Å². The maximum Gasteiger partial charge on any atom is 0.246 e. The molecule has 0 saturated carbocycles. The Kier molecular flexibility index (Phi) is 19.8. The third-order valence-electron chi connectivity index (χ3n) is 4.76. The van der Waals surface area contributed by atoms with Crippen LogP contribution in [-0.4, -0.2) is 90.0 Å². The van der Waals surface area contributed by atoms with E-state index in [2.05, 4.69) is 39.8 Å². The number of amides is 2. The summed E-state index contributed by atoms with van der Waals surface area (Å²) in [5.74, 6) is 0.0296. The van der Waals surface area contributed by atoms with Crippen molar-refractivity contribution in [3.63, 3.8) is 0 Å². The van der Waals surface area contributed by atoms with Gasteiger partial charge in [0.15, 0.2) is 6.23 Å². The zero-order valence-corrected chi connectivity index (χ0v) is 23.1. The van der Waals surface area contributed by atoms with Crippen molar-refractivity contribution in [2.75, 3.05) is 71.3 Å². The molecule has 0 aliphatic heterocycles. The van der Waals surface area contributed by atoms with Gasteiger partial charge in [-0.25, -0.2) is 0 Å². The van der Waals surface area contributed by atoms with E-state index in [1.54, 1.807) is 24.3 Å². The highest BCUT2D eigenvalue weighted by Crippen LogP contribution is 2.18. The summed E-state index contributed by atoms with van der Waals surface area (Å²) in [6.45, 7) is 9.14. The monoisotopic (exact) mass is 550 g/mol. The summed E-state index contributed by atoms with van der Waals surface area (Å²) >= 11 is 0.